The summed E-state index contributed by atoms with van der Waals surface area (Å²) in [6, 6.07) is 16.4. The Bertz CT molecular complexity index is 829. The molecular weight excluding hydrogens is 599 g/mol. The third-order valence-electron chi connectivity index (χ3n) is 6.47. The number of hydrogen-bond acceptors (Lipinski definition) is 4. The minimum atomic E-state index is -2.78. The maximum atomic E-state index is 8.26. The molecule has 0 unspecified atom stereocenters. The monoisotopic (exact) mass is 648 g/mol. The first-order valence-electron chi connectivity index (χ1n) is 14.1. The van der Waals surface area contributed by atoms with Gasteiger partial charge in [0.05, 0.1) is 0 Å². The summed E-state index contributed by atoms with van der Waals surface area (Å²) < 4.78 is 20.8. The van der Waals surface area contributed by atoms with E-state index in [2.05, 4.69) is 38.1 Å². The van der Waals surface area contributed by atoms with Gasteiger partial charge in [-0.25, -0.2) is 0 Å². The quantitative estimate of drug-likeness (QED) is 0.0672. The van der Waals surface area contributed by atoms with E-state index in [4.69, 9.17) is 36.5 Å². The van der Waals surface area contributed by atoms with Crippen LogP contribution in [0.4, 0.5) is 0 Å². The van der Waals surface area contributed by atoms with Gasteiger partial charge < -0.3 is 9.05 Å². The van der Waals surface area contributed by atoms with E-state index in [1.54, 1.807) is 0 Å². The van der Waals surface area contributed by atoms with Crippen LogP contribution < -0.4 is 9.05 Å². The van der Waals surface area contributed by atoms with E-state index in [1.807, 2.05) is 24.3 Å². The van der Waals surface area contributed by atoms with Gasteiger partial charge in [-0.3, -0.25) is 0 Å². The number of benzene rings is 2. The molecule has 0 amide bonds. The van der Waals surface area contributed by atoms with Crippen molar-refractivity contribution in [2.24, 2.45) is 0 Å². The molecule has 0 heterocycles. The summed E-state index contributed by atoms with van der Waals surface area (Å²) in [5.41, 5.74) is -0.381. The molecule has 0 bridgehead atoms. The van der Waals surface area contributed by atoms with Crippen LogP contribution in [0.15, 0.2) is 48.5 Å². The van der Waals surface area contributed by atoms with Gasteiger partial charge in [0, 0.05) is 0 Å². The van der Waals surface area contributed by atoms with Crippen molar-refractivity contribution in [3.05, 3.63) is 59.7 Å². The molecule has 3 nitrogen and oxygen atoms in total. The van der Waals surface area contributed by atoms with Crippen LogP contribution in [0.5, 0.6) is 11.5 Å². The molecule has 0 aliphatic carbocycles. The summed E-state index contributed by atoms with van der Waals surface area (Å²) in [6.07, 6.45) is 20.2. The maximum absolute atomic E-state index is 8.26. The van der Waals surface area contributed by atoms with E-state index in [9.17, 15) is 0 Å². The van der Waals surface area contributed by atoms with E-state index < -0.39 is 5.69 Å². The Morgan fingerprint density at radius 1 is 0.622 bits per heavy atom. The minimum absolute atomic E-state index is 0.700. The average molecular weight is 647 g/mol. The van der Waals surface area contributed by atoms with Crippen molar-refractivity contribution in [3.63, 3.8) is 0 Å². The van der Waals surface area contributed by atoms with Gasteiger partial charge in [0.2, 0.25) is 0 Å². The third kappa shape index (κ3) is 16.3. The molecule has 37 heavy (non-hydrogen) atoms. The van der Waals surface area contributed by atoms with E-state index in [1.165, 1.54) is 101 Å². The van der Waals surface area contributed by atoms with Gasteiger partial charge in [-0.15, -0.1) is 0 Å². The van der Waals surface area contributed by atoms with Gasteiger partial charge in [0.1, 0.15) is 11.5 Å². The molecule has 0 atom stereocenters. The first kappa shape index (κ1) is 34.6. The Labute approximate surface area is 248 Å². The zero-order valence-corrected chi connectivity index (χ0v) is 27.5. The first-order chi connectivity index (χ1) is 18.1. The molecule has 0 aliphatic rings. The fourth-order valence-electron chi connectivity index (χ4n) is 4.41. The second-order valence-electron chi connectivity index (χ2n) is 9.61. The van der Waals surface area contributed by atoms with E-state index in [0.29, 0.717) is 19.8 Å². The predicted molar refractivity (Wildman–Crippen MR) is 161 cm³/mol. The van der Waals surface area contributed by atoms with Crippen molar-refractivity contribution >= 4 is 29.7 Å². The van der Waals surface area contributed by atoms with Gasteiger partial charge in [0.25, 0.3) is 0 Å². The molecule has 2 rings (SSSR count). The average Bonchev–Trinajstić information content (AvgIpc) is 2.90. The molecular formula is C30H47MoO3PS2. The van der Waals surface area contributed by atoms with Gasteiger partial charge in [-0.1, -0.05) is 140 Å². The molecule has 7 heteroatoms. The Hall–Kier alpha value is -0.472. The molecule has 208 valence electrons. The summed E-state index contributed by atoms with van der Waals surface area (Å²) in [5.74, 6) is 1.64. The van der Waals surface area contributed by atoms with E-state index >= 15 is 0 Å². The fourth-order valence-corrected chi connectivity index (χ4v) is 6.31. The van der Waals surface area contributed by atoms with Crippen LogP contribution in [0.25, 0.3) is 0 Å². The van der Waals surface area contributed by atoms with Gasteiger partial charge in [-0.05, 0) is 60.7 Å². The molecule has 2 aromatic rings. The molecule has 0 fully saturated rings. The predicted octanol–water partition coefficient (Wildman–Crippen LogP) is 10.8. The number of thiol groups is 1. The standard InChI is InChI=1S/C30H47O2PS2.Mo.O/c1-3-5-7-9-11-13-15-21-27-23-17-19-25-29(27)31-33(34,35)32-30-26-20-18-24-28(30)22-16-14-12-10-8-6-4-2;;/h17-20,23-26H,3-16,21-22H2,1-2H3,(H,34,35);;. The Kier molecular flexibility index (Phi) is 20.9. The topological polar surface area (TPSA) is 35.5 Å². The van der Waals surface area contributed by atoms with Crippen LogP contribution in [0.2, 0.25) is 0 Å². The molecule has 2 aromatic carbocycles. The summed E-state index contributed by atoms with van der Waals surface area (Å²) >= 11 is 11.1. The number of aryl methyl sites for hydroxylation is 2. The summed E-state index contributed by atoms with van der Waals surface area (Å²) in [6.45, 7) is 4.53. The summed E-state index contributed by atoms with van der Waals surface area (Å²) in [4.78, 5) is 0. The van der Waals surface area contributed by atoms with Crippen LogP contribution in [0.1, 0.15) is 115 Å². The van der Waals surface area contributed by atoms with E-state index in [0.717, 1.165) is 24.3 Å². The van der Waals surface area contributed by atoms with Crippen molar-refractivity contribution in [2.75, 3.05) is 0 Å². The van der Waals surface area contributed by atoms with Crippen molar-refractivity contribution in [1.29, 1.82) is 0 Å². The molecule has 0 N–H and O–H groups in total. The van der Waals surface area contributed by atoms with Crippen molar-refractivity contribution < 1.29 is 32.2 Å². The summed E-state index contributed by atoms with van der Waals surface area (Å²) in [5, 5.41) is 0. The zero-order valence-electron chi connectivity index (χ0n) is 22.9. The first-order valence-corrected chi connectivity index (χ1v) is 18.7. The zero-order chi connectivity index (χ0) is 27.2. The van der Waals surface area contributed by atoms with Crippen LogP contribution in [0, 0.1) is 0 Å². The van der Waals surface area contributed by atoms with Crippen LogP contribution >= 0.6 is 17.9 Å². The third-order valence-corrected chi connectivity index (χ3v) is 8.26. The van der Waals surface area contributed by atoms with E-state index in [-0.39, 0.29) is 0 Å². The Balaban J connectivity index is 0.00000334. The fraction of sp³-hybridized carbons (Fsp3) is 0.600. The molecule has 0 saturated carbocycles. The molecule has 0 radical (unpaired) electrons. The molecule has 0 aromatic heterocycles. The van der Waals surface area contributed by atoms with Crippen LogP contribution in [0.3, 0.4) is 0 Å². The molecule has 0 saturated heterocycles. The SMILES string of the molecule is CCCCCCCCCc1ccccc1OP(=S)(S)Oc1ccccc1CCCCCCCCC.[O]=[Mo]. The van der Waals surface area contributed by atoms with Crippen molar-refractivity contribution in [3.8, 4) is 11.5 Å². The number of unbranched alkanes of at least 4 members (excludes halogenated alkanes) is 12. The summed E-state index contributed by atoms with van der Waals surface area (Å²) in [7, 11) is 0. The number of hydrogen-bond donors (Lipinski definition) is 1. The van der Waals surface area contributed by atoms with Gasteiger partial charge >= 0.3 is 28.9 Å². The van der Waals surface area contributed by atoms with Crippen molar-refractivity contribution in [1.82, 2.24) is 0 Å². The number of para-hydroxylation sites is 2. The van der Waals surface area contributed by atoms with Crippen LogP contribution in [-0.4, -0.2) is 0 Å². The Morgan fingerprint density at radius 3 is 1.32 bits per heavy atom. The van der Waals surface area contributed by atoms with Crippen molar-refractivity contribution in [2.45, 2.75) is 117 Å². The second kappa shape index (κ2) is 22.4. The van der Waals surface area contributed by atoms with Crippen LogP contribution in [-0.2, 0) is 47.8 Å². The van der Waals surface area contributed by atoms with Gasteiger partial charge in [0.15, 0.2) is 0 Å². The molecule has 0 spiro atoms. The van der Waals surface area contributed by atoms with Gasteiger partial charge in [-0.2, -0.15) is 0 Å². The Morgan fingerprint density at radius 2 is 0.946 bits per heavy atom. The molecule has 0 aliphatic heterocycles. The number of rotatable bonds is 20. The normalized spacial score (nSPS) is 11.0. The second-order valence-corrected chi connectivity index (χ2v) is 14.7.